The van der Waals surface area contributed by atoms with Gasteiger partial charge in [0, 0.05) is 38.9 Å². The summed E-state index contributed by atoms with van der Waals surface area (Å²) >= 11 is 1.29. The molecule has 0 aliphatic rings. The monoisotopic (exact) mass is 308 g/mol. The van der Waals surface area contributed by atoms with Gasteiger partial charge in [0.15, 0.2) is 5.13 Å². The molecule has 0 unspecified atom stereocenters. The van der Waals surface area contributed by atoms with Gasteiger partial charge in [-0.05, 0) is 6.42 Å². The predicted octanol–water partition coefficient (Wildman–Crippen LogP) is 1.55. The van der Waals surface area contributed by atoms with E-state index in [0.29, 0.717) is 16.6 Å². The summed E-state index contributed by atoms with van der Waals surface area (Å²) in [7, 11) is 3.59. The lowest BCUT2D eigenvalue weighted by Crippen LogP contribution is -2.26. The highest BCUT2D eigenvalue weighted by Crippen LogP contribution is 2.26. The van der Waals surface area contributed by atoms with Crippen molar-refractivity contribution in [3.63, 3.8) is 0 Å². The van der Waals surface area contributed by atoms with Gasteiger partial charge < -0.3 is 16.0 Å². The fourth-order valence-corrected chi connectivity index (χ4v) is 2.77. The van der Waals surface area contributed by atoms with E-state index < -0.39 is 0 Å². The van der Waals surface area contributed by atoms with Crippen molar-refractivity contribution in [2.75, 3.05) is 24.6 Å². The summed E-state index contributed by atoms with van der Waals surface area (Å²) in [5, 5.41) is 7.92. The van der Waals surface area contributed by atoms with Crippen molar-refractivity contribution in [3.8, 4) is 0 Å². The second-order valence-corrected chi connectivity index (χ2v) is 5.84. The third kappa shape index (κ3) is 3.72. The summed E-state index contributed by atoms with van der Waals surface area (Å²) in [4.78, 5) is 18.7. The molecule has 0 aliphatic heterocycles. The van der Waals surface area contributed by atoms with Crippen molar-refractivity contribution < 1.29 is 4.79 Å². The third-order valence-electron chi connectivity index (χ3n) is 2.90. The van der Waals surface area contributed by atoms with Crippen LogP contribution < -0.4 is 11.1 Å². The smallest absolute Gasteiger partial charge is 0.267 e. The lowest BCUT2D eigenvalue weighted by molar-refractivity contribution is 0.0790. The van der Waals surface area contributed by atoms with Crippen LogP contribution in [0.3, 0.4) is 0 Å². The lowest BCUT2D eigenvalue weighted by Gasteiger charge is -2.15. The van der Waals surface area contributed by atoms with E-state index in [2.05, 4.69) is 22.3 Å². The Hall–Kier alpha value is -2.09. The van der Waals surface area contributed by atoms with Gasteiger partial charge in [-0.3, -0.25) is 9.48 Å². The number of nitrogens with zero attached hydrogens (tertiary/aromatic N) is 4. The fourth-order valence-electron chi connectivity index (χ4n) is 1.87. The van der Waals surface area contributed by atoms with E-state index in [1.165, 1.54) is 11.3 Å². The Bertz CT molecular complexity index is 620. The Morgan fingerprint density at radius 2 is 2.33 bits per heavy atom. The standard InChI is InChI=1S/C13H20N6OS/c1-4-5-15-13-17-11(14)10(21-13)12(20)18(2)7-9-6-16-19(3)8-9/h6,8H,4-5,7,14H2,1-3H3,(H,15,17). The molecule has 3 N–H and O–H groups in total. The van der Waals surface area contributed by atoms with E-state index in [1.807, 2.05) is 13.2 Å². The molecule has 2 aromatic heterocycles. The second kappa shape index (κ2) is 6.57. The molecule has 0 saturated carbocycles. The number of carbonyl (C=O) groups is 1. The van der Waals surface area contributed by atoms with Crippen molar-refractivity contribution >= 4 is 28.2 Å². The Labute approximate surface area is 127 Å². The number of nitrogens with one attached hydrogen (secondary N) is 1. The summed E-state index contributed by atoms with van der Waals surface area (Å²) in [6, 6.07) is 0. The number of aryl methyl sites for hydroxylation is 1. The Morgan fingerprint density at radius 3 is 2.95 bits per heavy atom. The molecule has 2 heterocycles. The molecule has 8 heteroatoms. The minimum atomic E-state index is -0.126. The van der Waals surface area contributed by atoms with E-state index in [9.17, 15) is 4.79 Å². The van der Waals surface area contributed by atoms with Gasteiger partial charge in [0.25, 0.3) is 5.91 Å². The van der Waals surface area contributed by atoms with Crippen LogP contribution in [0.4, 0.5) is 10.9 Å². The Kier molecular flexibility index (Phi) is 4.79. The first kappa shape index (κ1) is 15.3. The normalized spacial score (nSPS) is 10.6. The second-order valence-electron chi connectivity index (χ2n) is 4.84. The highest BCUT2D eigenvalue weighted by Gasteiger charge is 2.20. The first-order valence-corrected chi connectivity index (χ1v) is 7.56. The van der Waals surface area contributed by atoms with E-state index in [0.717, 1.165) is 18.5 Å². The molecule has 0 atom stereocenters. The molecule has 0 fully saturated rings. The number of carbonyl (C=O) groups excluding carboxylic acids is 1. The molecule has 0 aromatic carbocycles. The van der Waals surface area contributed by atoms with Gasteiger partial charge in [0.1, 0.15) is 10.7 Å². The van der Waals surface area contributed by atoms with Crippen molar-refractivity contribution in [3.05, 3.63) is 22.8 Å². The zero-order chi connectivity index (χ0) is 15.4. The van der Waals surface area contributed by atoms with Crippen LogP contribution in [0.5, 0.6) is 0 Å². The average Bonchev–Trinajstić information content (AvgIpc) is 3.01. The minimum absolute atomic E-state index is 0.126. The van der Waals surface area contributed by atoms with Gasteiger partial charge in [0.2, 0.25) is 0 Å². The average molecular weight is 308 g/mol. The van der Waals surface area contributed by atoms with Crippen LogP contribution in [0.1, 0.15) is 28.6 Å². The van der Waals surface area contributed by atoms with Crippen molar-refractivity contribution in [2.24, 2.45) is 7.05 Å². The summed E-state index contributed by atoms with van der Waals surface area (Å²) in [6.45, 7) is 3.37. The molecule has 114 valence electrons. The van der Waals surface area contributed by atoms with Crippen LogP contribution in [0.25, 0.3) is 0 Å². The van der Waals surface area contributed by atoms with Gasteiger partial charge >= 0.3 is 0 Å². The maximum Gasteiger partial charge on any atom is 0.267 e. The zero-order valence-corrected chi connectivity index (χ0v) is 13.3. The van der Waals surface area contributed by atoms with Gasteiger partial charge in [-0.1, -0.05) is 18.3 Å². The lowest BCUT2D eigenvalue weighted by atomic mass is 10.3. The van der Waals surface area contributed by atoms with E-state index in [-0.39, 0.29) is 11.7 Å². The molecule has 1 amide bonds. The van der Waals surface area contributed by atoms with Crippen LogP contribution in [0.2, 0.25) is 0 Å². The van der Waals surface area contributed by atoms with E-state index in [1.54, 1.807) is 22.8 Å². The van der Waals surface area contributed by atoms with E-state index in [4.69, 9.17) is 5.73 Å². The maximum atomic E-state index is 12.4. The molecule has 0 saturated heterocycles. The summed E-state index contributed by atoms with van der Waals surface area (Å²) in [5.41, 5.74) is 6.82. The number of anilines is 2. The van der Waals surface area contributed by atoms with Gasteiger partial charge in [0.05, 0.1) is 6.20 Å². The Morgan fingerprint density at radius 1 is 1.57 bits per heavy atom. The van der Waals surface area contributed by atoms with Crippen LogP contribution >= 0.6 is 11.3 Å². The first-order chi connectivity index (χ1) is 10.0. The number of hydrogen-bond donors (Lipinski definition) is 2. The third-order valence-corrected chi connectivity index (χ3v) is 3.92. The minimum Gasteiger partial charge on any atom is -0.382 e. The van der Waals surface area contributed by atoms with Crippen LogP contribution in [0.15, 0.2) is 12.4 Å². The van der Waals surface area contributed by atoms with Crippen LogP contribution in [0, 0.1) is 0 Å². The topological polar surface area (TPSA) is 89.1 Å². The molecule has 2 aromatic rings. The predicted molar refractivity (Wildman–Crippen MR) is 84.3 cm³/mol. The number of rotatable bonds is 6. The number of nitrogen functional groups attached to an aromatic ring is 1. The van der Waals surface area contributed by atoms with Crippen LogP contribution in [-0.2, 0) is 13.6 Å². The number of hydrogen-bond acceptors (Lipinski definition) is 6. The van der Waals surface area contributed by atoms with Gasteiger partial charge in [-0.25, -0.2) is 4.98 Å². The van der Waals surface area contributed by atoms with Gasteiger partial charge in [-0.15, -0.1) is 0 Å². The first-order valence-electron chi connectivity index (χ1n) is 6.74. The van der Waals surface area contributed by atoms with Crippen molar-refractivity contribution in [2.45, 2.75) is 19.9 Å². The molecule has 0 spiro atoms. The fraction of sp³-hybridized carbons (Fsp3) is 0.462. The number of amides is 1. The molecule has 0 radical (unpaired) electrons. The zero-order valence-electron chi connectivity index (χ0n) is 12.5. The Balaban J connectivity index is 2.06. The SMILES string of the molecule is CCCNc1nc(N)c(C(=O)N(C)Cc2cnn(C)c2)s1. The molecule has 21 heavy (non-hydrogen) atoms. The quantitative estimate of drug-likeness (QED) is 0.845. The summed E-state index contributed by atoms with van der Waals surface area (Å²) in [5.74, 6) is 0.153. The molecule has 2 rings (SSSR count). The van der Waals surface area contributed by atoms with Crippen LogP contribution in [-0.4, -0.2) is 39.2 Å². The number of nitrogens with two attached hydrogens (primary N) is 1. The summed E-state index contributed by atoms with van der Waals surface area (Å²) in [6.07, 6.45) is 4.62. The number of thiazole rings is 1. The van der Waals surface area contributed by atoms with Crippen molar-refractivity contribution in [1.29, 1.82) is 0 Å². The highest BCUT2D eigenvalue weighted by molar-refractivity contribution is 7.18. The molecular formula is C13H20N6OS. The highest BCUT2D eigenvalue weighted by atomic mass is 32.1. The largest absolute Gasteiger partial charge is 0.382 e. The van der Waals surface area contributed by atoms with Gasteiger partial charge in [-0.2, -0.15) is 5.10 Å². The maximum absolute atomic E-state index is 12.4. The number of aromatic nitrogens is 3. The molecule has 0 aliphatic carbocycles. The van der Waals surface area contributed by atoms with Crippen molar-refractivity contribution in [1.82, 2.24) is 19.7 Å². The summed E-state index contributed by atoms with van der Waals surface area (Å²) < 4.78 is 1.71. The molecule has 0 bridgehead atoms. The molecule has 7 nitrogen and oxygen atoms in total. The van der Waals surface area contributed by atoms with E-state index >= 15 is 0 Å². The molecular weight excluding hydrogens is 288 g/mol.